The molecule has 154 valence electrons. The zero-order valence-corrected chi connectivity index (χ0v) is 18.8. The second kappa shape index (κ2) is 7.94. The molecule has 0 spiro atoms. The number of anilines is 1. The molecule has 1 aliphatic heterocycles. The second-order valence-corrected chi connectivity index (χ2v) is 9.46. The summed E-state index contributed by atoms with van der Waals surface area (Å²) in [6.07, 6.45) is 1.47. The van der Waals surface area contributed by atoms with Crippen molar-refractivity contribution in [2.75, 3.05) is 19.0 Å². The molecule has 3 aromatic carbocycles. The average Bonchev–Trinajstić information content (AvgIpc) is 3.32. The van der Waals surface area contributed by atoms with Gasteiger partial charge in [0.15, 0.2) is 12.1 Å². The number of ketones is 1. The zero-order valence-electron chi connectivity index (χ0n) is 17.1. The van der Waals surface area contributed by atoms with Crippen molar-refractivity contribution in [2.45, 2.75) is 11.3 Å². The minimum absolute atomic E-state index is 0.0319. The summed E-state index contributed by atoms with van der Waals surface area (Å²) in [5.74, 6) is 0.0319. The van der Waals surface area contributed by atoms with Gasteiger partial charge < -0.3 is 10.2 Å². The molecular formula is C25H20N2O2S2. The van der Waals surface area contributed by atoms with E-state index >= 15 is 0 Å². The number of carbonyl (C=O) groups is 2. The summed E-state index contributed by atoms with van der Waals surface area (Å²) in [6, 6.07) is 20.2. The first-order valence-electron chi connectivity index (χ1n) is 9.96. The van der Waals surface area contributed by atoms with Crippen molar-refractivity contribution in [3.05, 3.63) is 92.3 Å². The first-order valence-corrected chi connectivity index (χ1v) is 11.6. The van der Waals surface area contributed by atoms with Gasteiger partial charge in [0.1, 0.15) is 0 Å². The number of allylic oxidation sites excluding steroid dienone is 2. The number of thioether (sulfide) groups is 2. The number of rotatable bonds is 4. The van der Waals surface area contributed by atoms with Crippen LogP contribution in [0.3, 0.4) is 0 Å². The molecule has 0 saturated carbocycles. The predicted octanol–water partition coefficient (Wildman–Crippen LogP) is 5.35. The van der Waals surface area contributed by atoms with Gasteiger partial charge >= 0.3 is 0 Å². The molecule has 0 aromatic heterocycles. The van der Waals surface area contributed by atoms with E-state index in [0.717, 1.165) is 38.1 Å². The fourth-order valence-electron chi connectivity index (χ4n) is 4.10. The van der Waals surface area contributed by atoms with Crippen molar-refractivity contribution < 1.29 is 9.59 Å². The molecule has 1 N–H and O–H groups in total. The van der Waals surface area contributed by atoms with E-state index in [4.69, 9.17) is 0 Å². The highest BCUT2D eigenvalue weighted by atomic mass is 32.2. The highest BCUT2D eigenvalue weighted by Gasteiger charge is 2.30. The third kappa shape index (κ3) is 3.27. The van der Waals surface area contributed by atoms with Crippen LogP contribution in [-0.4, -0.2) is 26.2 Å². The van der Waals surface area contributed by atoms with Crippen LogP contribution in [-0.2, 0) is 11.2 Å². The molecule has 0 atom stereocenters. The largest absolute Gasteiger partial charge is 0.382 e. The van der Waals surface area contributed by atoms with Crippen molar-refractivity contribution in [2.24, 2.45) is 0 Å². The molecule has 0 fully saturated rings. The van der Waals surface area contributed by atoms with Gasteiger partial charge in [0.25, 0.3) is 0 Å². The lowest BCUT2D eigenvalue weighted by atomic mass is 10.1. The average molecular weight is 445 g/mol. The van der Waals surface area contributed by atoms with E-state index < -0.39 is 0 Å². The maximum absolute atomic E-state index is 12.9. The van der Waals surface area contributed by atoms with Crippen LogP contribution in [0.25, 0.3) is 10.8 Å². The minimum Gasteiger partial charge on any atom is -0.382 e. The molecular weight excluding hydrogens is 424 g/mol. The molecule has 3 aromatic rings. The Morgan fingerprint density at radius 1 is 1.10 bits per heavy atom. The molecule has 2 aliphatic rings. The summed E-state index contributed by atoms with van der Waals surface area (Å²) in [5.41, 5.74) is 3.57. The number of hydrogen-bond donors (Lipinski definition) is 1. The van der Waals surface area contributed by atoms with Crippen molar-refractivity contribution in [3.8, 4) is 0 Å². The van der Waals surface area contributed by atoms with Crippen LogP contribution in [0.4, 0.5) is 5.69 Å². The van der Waals surface area contributed by atoms with Gasteiger partial charge in [-0.1, -0.05) is 78.1 Å². The third-order valence-corrected chi connectivity index (χ3v) is 8.27. The lowest BCUT2D eigenvalue weighted by Gasteiger charge is -2.17. The number of benzene rings is 3. The van der Waals surface area contributed by atoms with Crippen molar-refractivity contribution in [1.82, 2.24) is 5.32 Å². The van der Waals surface area contributed by atoms with Crippen molar-refractivity contribution in [3.63, 3.8) is 0 Å². The van der Waals surface area contributed by atoms with Gasteiger partial charge in [-0.05, 0) is 22.4 Å². The number of nitrogens with zero attached hydrogens (tertiary/aromatic N) is 1. The molecule has 0 saturated heterocycles. The van der Waals surface area contributed by atoms with E-state index in [2.05, 4.69) is 34.5 Å². The zero-order chi connectivity index (χ0) is 21.5. The fraction of sp³-hybridized carbons (Fsp3) is 0.120. The SMILES string of the molecule is CN/C(S/C(C=O)=C1/Sc2c(ccc3ccccc23)N1C)=C1\Cc2ccccc2C1=O. The number of hydrogen-bond acceptors (Lipinski definition) is 6. The van der Waals surface area contributed by atoms with Gasteiger partial charge in [-0.15, -0.1) is 0 Å². The quantitative estimate of drug-likeness (QED) is 0.432. The Labute approximate surface area is 189 Å². The molecule has 0 amide bonds. The standard InChI is InChI=1S/C25H20N2O2S2/c1-26-24(19-13-16-8-4-5-9-17(16)22(19)29)30-21(14-28)25-27(2)20-12-11-15-7-3-6-10-18(15)23(20)31-25/h3-12,14,26H,13H2,1-2H3/b24-19-,25-21+. The smallest absolute Gasteiger partial charge is 0.192 e. The van der Waals surface area contributed by atoms with Crippen molar-refractivity contribution >= 4 is 52.1 Å². The van der Waals surface area contributed by atoms with Gasteiger partial charge in [-0.2, -0.15) is 0 Å². The first kappa shape index (κ1) is 20.0. The first-order chi connectivity index (χ1) is 15.1. The minimum atomic E-state index is 0.0319. The molecule has 5 rings (SSSR count). The maximum Gasteiger partial charge on any atom is 0.192 e. The maximum atomic E-state index is 12.9. The number of aldehydes is 1. The Balaban J connectivity index is 1.54. The summed E-state index contributed by atoms with van der Waals surface area (Å²) in [5, 5.41) is 7.12. The van der Waals surface area contributed by atoms with Gasteiger partial charge in [-0.3, -0.25) is 9.59 Å². The summed E-state index contributed by atoms with van der Waals surface area (Å²) in [4.78, 5) is 28.9. The van der Waals surface area contributed by atoms with Gasteiger partial charge in [0.2, 0.25) is 0 Å². The Kier molecular flexibility index (Phi) is 5.12. The second-order valence-electron chi connectivity index (χ2n) is 7.41. The Hall–Kier alpha value is -2.96. The van der Waals surface area contributed by atoms with E-state index in [9.17, 15) is 9.59 Å². The molecule has 0 unspecified atom stereocenters. The number of carbonyl (C=O) groups excluding carboxylic acids is 2. The van der Waals surface area contributed by atoms with Gasteiger partial charge in [0.05, 0.1) is 20.7 Å². The highest BCUT2D eigenvalue weighted by molar-refractivity contribution is 8.09. The molecule has 0 radical (unpaired) electrons. The van der Waals surface area contributed by atoms with Gasteiger partial charge in [-0.25, -0.2) is 0 Å². The van der Waals surface area contributed by atoms with Crippen molar-refractivity contribution in [1.29, 1.82) is 0 Å². The van der Waals surface area contributed by atoms with Crippen LogP contribution >= 0.6 is 23.5 Å². The molecule has 1 aliphatic carbocycles. The molecule has 31 heavy (non-hydrogen) atoms. The van der Waals surface area contributed by atoms with Crippen LogP contribution in [0.5, 0.6) is 0 Å². The molecule has 1 heterocycles. The van der Waals surface area contributed by atoms with E-state index in [1.165, 1.54) is 22.5 Å². The van der Waals surface area contributed by atoms with Crippen LogP contribution in [0, 0.1) is 0 Å². The third-order valence-electron chi connectivity index (χ3n) is 5.66. The van der Waals surface area contributed by atoms with Crippen LogP contribution < -0.4 is 10.2 Å². The van der Waals surface area contributed by atoms with E-state index in [1.54, 1.807) is 18.8 Å². The Morgan fingerprint density at radius 2 is 1.87 bits per heavy atom. The van der Waals surface area contributed by atoms with E-state index in [0.29, 0.717) is 16.9 Å². The Bertz CT molecular complexity index is 1310. The summed E-state index contributed by atoms with van der Waals surface area (Å²) in [7, 11) is 3.78. The summed E-state index contributed by atoms with van der Waals surface area (Å²) in [6.45, 7) is 0. The lowest BCUT2D eigenvalue weighted by Crippen LogP contribution is -2.14. The lowest BCUT2D eigenvalue weighted by molar-refractivity contribution is -0.104. The molecule has 4 nitrogen and oxygen atoms in total. The van der Waals surface area contributed by atoms with Crippen LogP contribution in [0.2, 0.25) is 0 Å². The fourth-order valence-corrected chi connectivity index (χ4v) is 6.41. The molecule has 6 heteroatoms. The highest BCUT2D eigenvalue weighted by Crippen LogP contribution is 2.51. The van der Waals surface area contributed by atoms with Crippen LogP contribution in [0.15, 0.2) is 86.1 Å². The Morgan fingerprint density at radius 3 is 2.65 bits per heavy atom. The van der Waals surface area contributed by atoms with Crippen LogP contribution in [0.1, 0.15) is 15.9 Å². The van der Waals surface area contributed by atoms with E-state index in [1.807, 2.05) is 43.4 Å². The van der Waals surface area contributed by atoms with Gasteiger partial charge in [0, 0.05) is 36.5 Å². The normalized spacial score (nSPS) is 18.1. The summed E-state index contributed by atoms with van der Waals surface area (Å²) >= 11 is 2.94. The van der Waals surface area contributed by atoms with E-state index in [-0.39, 0.29) is 5.78 Å². The number of Topliss-reactive ketones (excluding diaryl/α,β-unsaturated/α-hetero) is 1. The summed E-state index contributed by atoms with van der Waals surface area (Å²) < 4.78 is 0. The predicted molar refractivity (Wildman–Crippen MR) is 129 cm³/mol. The molecule has 0 bridgehead atoms. The topological polar surface area (TPSA) is 49.4 Å². The number of fused-ring (bicyclic) bond motifs is 4. The number of nitrogens with one attached hydrogen (secondary N) is 1. The monoisotopic (exact) mass is 444 g/mol.